The smallest absolute Gasteiger partial charge is 0.0685 e. The molecule has 2 aliphatic rings. The predicted octanol–water partition coefficient (Wildman–Crippen LogP) is 2.44. The van der Waals surface area contributed by atoms with Gasteiger partial charge in [0.15, 0.2) is 0 Å². The lowest BCUT2D eigenvalue weighted by Crippen LogP contribution is -2.66. The van der Waals surface area contributed by atoms with Gasteiger partial charge in [-0.15, -0.1) is 0 Å². The molecule has 0 radical (unpaired) electrons. The van der Waals surface area contributed by atoms with E-state index < -0.39 is 0 Å². The Morgan fingerprint density at radius 1 is 1.47 bits per heavy atom. The number of fused-ring (bicyclic) bond motifs is 1. The van der Waals surface area contributed by atoms with Gasteiger partial charge in [0.05, 0.1) is 6.10 Å². The molecule has 0 aromatic carbocycles. The highest BCUT2D eigenvalue weighted by Crippen LogP contribution is 2.52. The van der Waals surface area contributed by atoms with Crippen LogP contribution in [0.3, 0.4) is 0 Å². The van der Waals surface area contributed by atoms with E-state index in [1.54, 1.807) is 0 Å². The Morgan fingerprint density at radius 2 is 2.20 bits per heavy atom. The van der Waals surface area contributed by atoms with E-state index in [-0.39, 0.29) is 0 Å². The Morgan fingerprint density at radius 3 is 2.87 bits per heavy atom. The lowest BCUT2D eigenvalue weighted by atomic mass is 9.57. The molecule has 0 aromatic heterocycles. The Balaban J connectivity index is 1.87. The Labute approximate surface area is 93.8 Å². The zero-order valence-electron chi connectivity index (χ0n) is 10.5. The van der Waals surface area contributed by atoms with Gasteiger partial charge in [-0.25, -0.2) is 0 Å². The number of ether oxygens (including phenoxy) is 1. The van der Waals surface area contributed by atoms with Crippen LogP contribution in [0.5, 0.6) is 0 Å². The van der Waals surface area contributed by atoms with E-state index >= 15 is 0 Å². The average Bonchev–Trinajstić information content (AvgIpc) is 2.63. The normalized spacial score (nSPS) is 39.6. The summed E-state index contributed by atoms with van der Waals surface area (Å²) in [6.45, 7) is 11.4. The third-order valence-corrected chi connectivity index (χ3v) is 4.48. The van der Waals surface area contributed by atoms with Gasteiger partial charge in [0.25, 0.3) is 0 Å². The molecule has 1 heterocycles. The highest BCUT2D eigenvalue weighted by molar-refractivity contribution is 5.11. The molecule has 0 amide bonds. The Kier molecular flexibility index (Phi) is 3.09. The van der Waals surface area contributed by atoms with Crippen molar-refractivity contribution in [1.82, 2.24) is 5.32 Å². The summed E-state index contributed by atoms with van der Waals surface area (Å²) in [5.74, 6) is 1.58. The van der Waals surface area contributed by atoms with Gasteiger partial charge in [-0.05, 0) is 18.9 Å². The van der Waals surface area contributed by atoms with E-state index in [1.165, 1.54) is 12.8 Å². The molecule has 2 nitrogen and oxygen atoms in total. The standard InChI is InChI=1S/C13H25NO/c1-5-9(2)8-14-11-10-6-7-15-12(10)13(11,3)4/h9-12,14H,5-8H2,1-4H3. The van der Waals surface area contributed by atoms with Crippen LogP contribution >= 0.6 is 0 Å². The maximum absolute atomic E-state index is 5.79. The van der Waals surface area contributed by atoms with Crippen molar-refractivity contribution in [2.45, 2.75) is 52.7 Å². The molecule has 1 saturated heterocycles. The van der Waals surface area contributed by atoms with Gasteiger partial charge >= 0.3 is 0 Å². The lowest BCUT2D eigenvalue weighted by molar-refractivity contribution is -0.113. The minimum Gasteiger partial charge on any atom is -0.377 e. The first-order chi connectivity index (χ1) is 7.07. The fourth-order valence-corrected chi connectivity index (χ4v) is 3.21. The van der Waals surface area contributed by atoms with E-state index in [1.807, 2.05) is 0 Å². The molecule has 4 atom stereocenters. The molecule has 0 aromatic rings. The predicted molar refractivity (Wildman–Crippen MR) is 62.9 cm³/mol. The van der Waals surface area contributed by atoms with E-state index in [2.05, 4.69) is 33.0 Å². The first-order valence-corrected chi connectivity index (χ1v) is 6.42. The van der Waals surface area contributed by atoms with E-state index in [9.17, 15) is 0 Å². The molecule has 2 fully saturated rings. The number of nitrogens with one attached hydrogen (secondary N) is 1. The average molecular weight is 211 g/mol. The van der Waals surface area contributed by atoms with Gasteiger partial charge in [0, 0.05) is 24.0 Å². The van der Waals surface area contributed by atoms with Crippen molar-refractivity contribution in [2.75, 3.05) is 13.2 Å². The van der Waals surface area contributed by atoms with Crippen LogP contribution in [0, 0.1) is 17.3 Å². The molecule has 1 aliphatic heterocycles. The summed E-state index contributed by atoms with van der Waals surface area (Å²) in [6, 6.07) is 0.680. The molecule has 4 unspecified atom stereocenters. The summed E-state index contributed by atoms with van der Waals surface area (Å²) < 4.78 is 5.79. The van der Waals surface area contributed by atoms with Crippen molar-refractivity contribution < 1.29 is 4.74 Å². The molecule has 1 aliphatic carbocycles. The van der Waals surface area contributed by atoms with Crippen LogP contribution in [0.1, 0.15) is 40.5 Å². The number of rotatable bonds is 4. The minimum absolute atomic E-state index is 0.342. The van der Waals surface area contributed by atoms with Crippen LogP contribution < -0.4 is 5.32 Å². The van der Waals surface area contributed by atoms with Crippen molar-refractivity contribution >= 4 is 0 Å². The monoisotopic (exact) mass is 211 g/mol. The molecule has 0 spiro atoms. The summed E-state index contributed by atoms with van der Waals surface area (Å²) in [5.41, 5.74) is 0.342. The van der Waals surface area contributed by atoms with Crippen LogP contribution in [-0.4, -0.2) is 25.3 Å². The Hall–Kier alpha value is -0.0800. The summed E-state index contributed by atoms with van der Waals surface area (Å²) >= 11 is 0. The molecule has 88 valence electrons. The third kappa shape index (κ3) is 1.83. The molecule has 2 heteroatoms. The molecular formula is C13H25NO. The third-order valence-electron chi connectivity index (χ3n) is 4.48. The topological polar surface area (TPSA) is 21.3 Å². The van der Waals surface area contributed by atoms with Gasteiger partial charge in [0.1, 0.15) is 0 Å². The zero-order chi connectivity index (χ0) is 11.1. The van der Waals surface area contributed by atoms with E-state index in [0.29, 0.717) is 17.6 Å². The second kappa shape index (κ2) is 4.06. The van der Waals surface area contributed by atoms with Gasteiger partial charge in [0.2, 0.25) is 0 Å². The fourth-order valence-electron chi connectivity index (χ4n) is 3.21. The molecule has 15 heavy (non-hydrogen) atoms. The van der Waals surface area contributed by atoms with Crippen molar-refractivity contribution in [1.29, 1.82) is 0 Å². The molecule has 0 bridgehead atoms. The van der Waals surface area contributed by atoms with Crippen LogP contribution in [0.4, 0.5) is 0 Å². The van der Waals surface area contributed by atoms with Crippen molar-refractivity contribution in [2.24, 2.45) is 17.3 Å². The van der Waals surface area contributed by atoms with Crippen LogP contribution in [-0.2, 0) is 4.74 Å². The highest BCUT2D eigenvalue weighted by atomic mass is 16.5. The molecule has 1 N–H and O–H groups in total. The van der Waals surface area contributed by atoms with Gasteiger partial charge in [-0.3, -0.25) is 0 Å². The zero-order valence-corrected chi connectivity index (χ0v) is 10.5. The lowest BCUT2D eigenvalue weighted by Gasteiger charge is -2.55. The summed E-state index contributed by atoms with van der Waals surface area (Å²) in [7, 11) is 0. The largest absolute Gasteiger partial charge is 0.377 e. The quantitative estimate of drug-likeness (QED) is 0.771. The number of hydrogen-bond donors (Lipinski definition) is 1. The summed E-state index contributed by atoms with van der Waals surface area (Å²) in [5, 5.41) is 3.75. The van der Waals surface area contributed by atoms with Crippen LogP contribution in [0.2, 0.25) is 0 Å². The van der Waals surface area contributed by atoms with Crippen molar-refractivity contribution in [3.63, 3.8) is 0 Å². The van der Waals surface area contributed by atoms with Crippen LogP contribution in [0.25, 0.3) is 0 Å². The minimum atomic E-state index is 0.342. The second-order valence-corrected chi connectivity index (χ2v) is 5.96. The maximum atomic E-state index is 5.79. The first kappa shape index (κ1) is 11.4. The summed E-state index contributed by atoms with van der Waals surface area (Å²) in [4.78, 5) is 0. The maximum Gasteiger partial charge on any atom is 0.0685 e. The second-order valence-electron chi connectivity index (χ2n) is 5.96. The fraction of sp³-hybridized carbons (Fsp3) is 1.00. The van der Waals surface area contributed by atoms with Gasteiger partial charge in [-0.2, -0.15) is 0 Å². The summed E-state index contributed by atoms with van der Waals surface area (Å²) in [6.07, 6.45) is 3.05. The van der Waals surface area contributed by atoms with E-state index in [0.717, 1.165) is 25.0 Å². The number of hydrogen-bond acceptors (Lipinski definition) is 2. The molecular weight excluding hydrogens is 186 g/mol. The van der Waals surface area contributed by atoms with E-state index in [4.69, 9.17) is 4.74 Å². The Bertz CT molecular complexity index is 227. The highest BCUT2D eigenvalue weighted by Gasteiger charge is 2.58. The van der Waals surface area contributed by atoms with Crippen LogP contribution in [0.15, 0.2) is 0 Å². The molecule has 2 rings (SSSR count). The van der Waals surface area contributed by atoms with Gasteiger partial charge < -0.3 is 10.1 Å². The van der Waals surface area contributed by atoms with Gasteiger partial charge in [-0.1, -0.05) is 34.1 Å². The van der Waals surface area contributed by atoms with Crippen molar-refractivity contribution in [3.05, 3.63) is 0 Å². The van der Waals surface area contributed by atoms with Crippen molar-refractivity contribution in [3.8, 4) is 0 Å². The SMILES string of the molecule is CCC(C)CNC1C2CCOC2C1(C)C. The first-order valence-electron chi connectivity index (χ1n) is 6.42. The molecule has 1 saturated carbocycles.